The number of hydrogen-bond donors (Lipinski definition) is 4. The normalized spacial score (nSPS) is 16.2. The summed E-state index contributed by atoms with van der Waals surface area (Å²) in [5, 5.41) is 19.6. The molecule has 0 aromatic heterocycles. The van der Waals surface area contributed by atoms with Gasteiger partial charge in [-0.3, -0.25) is 9.59 Å². The van der Waals surface area contributed by atoms with Crippen LogP contribution in [-0.4, -0.2) is 35.6 Å². The quantitative estimate of drug-likeness (QED) is 0.349. The second-order valence-electron chi connectivity index (χ2n) is 8.96. The van der Waals surface area contributed by atoms with Crippen molar-refractivity contribution in [3.05, 3.63) is 106 Å². The third kappa shape index (κ3) is 6.13. The first-order valence-corrected chi connectivity index (χ1v) is 12.0. The maximum atomic E-state index is 13.8. The van der Waals surface area contributed by atoms with Gasteiger partial charge in [-0.1, -0.05) is 49.4 Å². The van der Waals surface area contributed by atoms with E-state index in [1.165, 1.54) is 17.7 Å². The van der Waals surface area contributed by atoms with Gasteiger partial charge in [0, 0.05) is 24.7 Å². The summed E-state index contributed by atoms with van der Waals surface area (Å²) in [5.74, 6) is -2.35. The highest BCUT2D eigenvalue weighted by molar-refractivity contribution is 6.04. The summed E-state index contributed by atoms with van der Waals surface area (Å²) in [7, 11) is 0. The summed E-state index contributed by atoms with van der Waals surface area (Å²) in [5.41, 5.74) is 3.51. The van der Waals surface area contributed by atoms with Gasteiger partial charge >= 0.3 is 0 Å². The Morgan fingerprint density at radius 1 is 1.00 bits per heavy atom. The van der Waals surface area contributed by atoms with Crippen LogP contribution in [0.5, 0.6) is 0 Å². The Bertz CT molecular complexity index is 1230. The Morgan fingerprint density at radius 2 is 1.72 bits per heavy atom. The van der Waals surface area contributed by atoms with Gasteiger partial charge in [0.15, 0.2) is 0 Å². The van der Waals surface area contributed by atoms with Crippen molar-refractivity contribution >= 4 is 11.8 Å². The zero-order chi connectivity index (χ0) is 25.7. The molecule has 36 heavy (non-hydrogen) atoms. The lowest BCUT2D eigenvalue weighted by Crippen LogP contribution is -2.51. The predicted octanol–water partition coefficient (Wildman–Crippen LogP) is 3.19. The largest absolute Gasteiger partial charge is 0.390 e. The average Bonchev–Trinajstić information content (AvgIpc) is 3.20. The highest BCUT2D eigenvalue weighted by Crippen LogP contribution is 2.25. The molecule has 3 aromatic carbocycles. The van der Waals surface area contributed by atoms with Crippen LogP contribution in [0.3, 0.4) is 0 Å². The summed E-state index contributed by atoms with van der Waals surface area (Å²) in [6.45, 7) is 2.71. The minimum atomic E-state index is -1.07. The van der Waals surface area contributed by atoms with Crippen molar-refractivity contribution in [1.29, 1.82) is 0 Å². The second kappa shape index (κ2) is 11.4. The van der Waals surface area contributed by atoms with E-state index in [0.29, 0.717) is 23.2 Å². The molecule has 6 nitrogen and oxygen atoms in total. The fraction of sp³-hybridized carbons (Fsp3) is 0.286. The maximum Gasteiger partial charge on any atom is 0.252 e. The van der Waals surface area contributed by atoms with E-state index < -0.39 is 35.7 Å². The molecule has 0 saturated carbocycles. The van der Waals surface area contributed by atoms with Crippen LogP contribution in [0.4, 0.5) is 8.78 Å². The Hall–Kier alpha value is -3.62. The first-order valence-electron chi connectivity index (χ1n) is 12.0. The number of halogens is 2. The minimum absolute atomic E-state index is 0.00308. The Balaban J connectivity index is 1.47. The summed E-state index contributed by atoms with van der Waals surface area (Å²) in [6.07, 6.45) is -0.158. The van der Waals surface area contributed by atoms with E-state index >= 15 is 0 Å². The molecule has 3 atom stereocenters. The van der Waals surface area contributed by atoms with Crippen molar-refractivity contribution in [3.63, 3.8) is 0 Å². The zero-order valence-electron chi connectivity index (χ0n) is 19.9. The van der Waals surface area contributed by atoms with Gasteiger partial charge in [-0.25, -0.2) is 8.78 Å². The number of fused-ring (bicyclic) bond motifs is 1. The van der Waals surface area contributed by atoms with Crippen molar-refractivity contribution < 1.29 is 23.5 Å². The number of carbonyl (C=O) groups is 2. The topological polar surface area (TPSA) is 90.5 Å². The van der Waals surface area contributed by atoms with Crippen LogP contribution in [0.2, 0.25) is 0 Å². The van der Waals surface area contributed by atoms with Gasteiger partial charge in [-0.2, -0.15) is 0 Å². The number of aliphatic hydroxyl groups is 1. The van der Waals surface area contributed by atoms with E-state index in [1.54, 1.807) is 24.3 Å². The lowest BCUT2D eigenvalue weighted by Gasteiger charge is -2.26. The average molecular weight is 494 g/mol. The lowest BCUT2D eigenvalue weighted by molar-refractivity contribution is -0.124. The van der Waals surface area contributed by atoms with Gasteiger partial charge in [-0.05, 0) is 53.3 Å². The van der Waals surface area contributed by atoms with Crippen molar-refractivity contribution in [2.24, 2.45) is 0 Å². The molecule has 188 valence electrons. The minimum Gasteiger partial charge on any atom is -0.390 e. The van der Waals surface area contributed by atoms with Crippen LogP contribution < -0.4 is 16.0 Å². The molecule has 1 heterocycles. The van der Waals surface area contributed by atoms with Crippen LogP contribution in [0.15, 0.2) is 66.7 Å². The molecule has 1 aliphatic rings. The van der Waals surface area contributed by atoms with Crippen molar-refractivity contribution in [1.82, 2.24) is 16.0 Å². The predicted molar refractivity (Wildman–Crippen MR) is 132 cm³/mol. The number of aliphatic hydroxyl groups excluding tert-OH is 1. The standard InChI is InChI=1S/C28H29F2N3O3/c1-2-17-6-5-7-18(10-17)15-31-16-25(34)24(13-19-11-20(29)14-21(30)12-19)32-28(36)26-22-8-3-4-9-23(22)27(35)33-26/h3-12,14,24-26,31,34H,2,13,15-16H2,1H3,(H,32,36)(H,33,35)/t24-,25+,26?/m0/s1. The third-order valence-corrected chi connectivity index (χ3v) is 6.31. The monoisotopic (exact) mass is 493 g/mol. The van der Waals surface area contributed by atoms with Gasteiger partial charge in [0.2, 0.25) is 5.91 Å². The number of nitrogens with one attached hydrogen (secondary N) is 3. The third-order valence-electron chi connectivity index (χ3n) is 6.31. The van der Waals surface area contributed by atoms with Gasteiger partial charge < -0.3 is 21.1 Å². The van der Waals surface area contributed by atoms with E-state index in [-0.39, 0.29) is 18.9 Å². The van der Waals surface area contributed by atoms with Crippen LogP contribution >= 0.6 is 0 Å². The molecule has 0 bridgehead atoms. The molecule has 1 unspecified atom stereocenters. The number of hydrogen-bond acceptors (Lipinski definition) is 4. The summed E-state index contributed by atoms with van der Waals surface area (Å²) in [6, 6.07) is 16.2. The molecule has 2 amide bonds. The van der Waals surface area contributed by atoms with Crippen LogP contribution in [0.25, 0.3) is 0 Å². The second-order valence-corrected chi connectivity index (χ2v) is 8.96. The van der Waals surface area contributed by atoms with E-state index in [0.717, 1.165) is 18.1 Å². The van der Waals surface area contributed by atoms with Crippen LogP contribution in [-0.2, 0) is 24.2 Å². The van der Waals surface area contributed by atoms with Gasteiger partial charge in [-0.15, -0.1) is 0 Å². The summed E-state index contributed by atoms with van der Waals surface area (Å²) >= 11 is 0. The number of amides is 2. The van der Waals surface area contributed by atoms with Crippen molar-refractivity contribution in [2.45, 2.75) is 44.5 Å². The molecule has 4 N–H and O–H groups in total. The molecule has 8 heteroatoms. The van der Waals surface area contributed by atoms with Crippen molar-refractivity contribution in [3.8, 4) is 0 Å². The van der Waals surface area contributed by atoms with E-state index in [1.807, 2.05) is 18.2 Å². The molecular weight excluding hydrogens is 464 g/mol. The van der Waals surface area contributed by atoms with Crippen molar-refractivity contribution in [2.75, 3.05) is 6.54 Å². The van der Waals surface area contributed by atoms with Gasteiger partial charge in [0.25, 0.3) is 5.91 Å². The fourth-order valence-corrected chi connectivity index (χ4v) is 4.45. The molecule has 4 rings (SSSR count). The molecule has 0 radical (unpaired) electrons. The van der Waals surface area contributed by atoms with E-state index in [4.69, 9.17) is 0 Å². The molecule has 3 aromatic rings. The lowest BCUT2D eigenvalue weighted by atomic mass is 9.99. The number of benzene rings is 3. The SMILES string of the molecule is CCc1cccc(CNC[C@@H](O)[C@H](Cc2cc(F)cc(F)c2)NC(=O)C2NC(=O)c3ccccc32)c1. The Labute approximate surface area is 208 Å². The van der Waals surface area contributed by atoms with E-state index in [9.17, 15) is 23.5 Å². The Morgan fingerprint density at radius 3 is 2.47 bits per heavy atom. The highest BCUT2D eigenvalue weighted by Gasteiger charge is 2.35. The smallest absolute Gasteiger partial charge is 0.252 e. The van der Waals surface area contributed by atoms with Gasteiger partial charge in [0.05, 0.1) is 12.1 Å². The van der Waals surface area contributed by atoms with Gasteiger partial charge in [0.1, 0.15) is 17.7 Å². The zero-order valence-corrected chi connectivity index (χ0v) is 19.9. The molecule has 0 fully saturated rings. The summed E-state index contributed by atoms with van der Waals surface area (Å²) < 4.78 is 27.6. The molecule has 0 spiro atoms. The molecule has 1 aliphatic heterocycles. The number of carbonyl (C=O) groups excluding carboxylic acids is 2. The molecular formula is C28H29F2N3O3. The van der Waals surface area contributed by atoms with Crippen LogP contribution in [0, 0.1) is 11.6 Å². The summed E-state index contributed by atoms with van der Waals surface area (Å²) in [4.78, 5) is 25.4. The first-order chi connectivity index (χ1) is 17.3. The number of rotatable bonds is 10. The van der Waals surface area contributed by atoms with Crippen LogP contribution in [0.1, 0.15) is 45.6 Å². The fourth-order valence-electron chi connectivity index (χ4n) is 4.45. The molecule has 0 saturated heterocycles. The van der Waals surface area contributed by atoms with E-state index in [2.05, 4.69) is 28.9 Å². The first kappa shape index (κ1) is 25.5. The number of aryl methyl sites for hydroxylation is 1. The molecule has 0 aliphatic carbocycles. The highest BCUT2D eigenvalue weighted by atomic mass is 19.1. The maximum absolute atomic E-state index is 13.8. The Kier molecular flexibility index (Phi) is 8.07.